The molecule has 0 radical (unpaired) electrons. The molecule has 1 aliphatic rings. The molecule has 1 N–H and O–H groups in total. The van der Waals surface area contributed by atoms with Crippen molar-refractivity contribution in [1.29, 1.82) is 10.5 Å². The number of hydrogen-bond donors (Lipinski definition) is 1. The third-order valence-corrected chi connectivity index (χ3v) is 8.24. The molecule has 0 saturated heterocycles. The van der Waals surface area contributed by atoms with E-state index in [2.05, 4.69) is 50.6 Å². The smallest absolute Gasteiger partial charge is 0.303 e. The number of hydrogen-bond acceptors (Lipinski definition) is 5. The summed E-state index contributed by atoms with van der Waals surface area (Å²) < 4.78 is 5.53. The number of carboxylic acids is 1. The Hall–Kier alpha value is -4.81. The maximum absolute atomic E-state index is 11.3. The second-order valence-corrected chi connectivity index (χ2v) is 11.1. The predicted molar refractivity (Wildman–Crippen MR) is 168 cm³/mol. The van der Waals surface area contributed by atoms with Gasteiger partial charge in [-0.15, -0.1) is 13.2 Å². The van der Waals surface area contributed by atoms with Crippen LogP contribution in [0.25, 0.3) is 0 Å². The monoisotopic (exact) mass is 561 g/mol. The van der Waals surface area contributed by atoms with Crippen LogP contribution in [0.4, 0.5) is 5.69 Å². The van der Waals surface area contributed by atoms with Crippen molar-refractivity contribution < 1.29 is 14.6 Å². The highest BCUT2D eigenvalue weighted by molar-refractivity contribution is 5.74. The van der Waals surface area contributed by atoms with Crippen LogP contribution in [-0.2, 0) is 15.6 Å². The summed E-state index contributed by atoms with van der Waals surface area (Å²) in [7, 11) is 1.62. The van der Waals surface area contributed by atoms with Crippen molar-refractivity contribution in [2.24, 2.45) is 0 Å². The third kappa shape index (κ3) is 6.24. The molecule has 216 valence electrons. The van der Waals surface area contributed by atoms with E-state index in [1.807, 2.05) is 61.6 Å². The highest BCUT2D eigenvalue weighted by atomic mass is 16.5. The topological polar surface area (TPSA) is 97.3 Å². The molecule has 0 fully saturated rings. The molecule has 0 amide bonds. The Morgan fingerprint density at radius 1 is 1.19 bits per heavy atom. The number of benzene rings is 2. The number of rotatable bonds is 13. The zero-order valence-electron chi connectivity index (χ0n) is 25.0. The molecule has 0 saturated carbocycles. The molecule has 0 aromatic heterocycles. The predicted octanol–water partition coefficient (Wildman–Crippen LogP) is 7.82. The SMILES string of the molecule is C=CCC(C)(C(=C)/C=C(C#N)/C=C1\N(CCCC(=O)O)c2ccc(OC)cc2C1(C)CC=C)c1cc(C#N)ccc1C. The molecule has 0 bridgehead atoms. The molecule has 2 unspecified atom stereocenters. The van der Waals surface area contributed by atoms with Crippen LogP contribution in [0.3, 0.4) is 0 Å². The summed E-state index contributed by atoms with van der Waals surface area (Å²) >= 11 is 0. The van der Waals surface area contributed by atoms with Crippen LogP contribution >= 0.6 is 0 Å². The number of fused-ring (bicyclic) bond motifs is 1. The summed E-state index contributed by atoms with van der Waals surface area (Å²) in [6.45, 7) is 19.0. The number of ether oxygens (including phenoxy) is 1. The Morgan fingerprint density at radius 2 is 1.93 bits per heavy atom. The molecule has 1 aliphatic heterocycles. The van der Waals surface area contributed by atoms with Crippen LogP contribution in [-0.4, -0.2) is 24.7 Å². The fourth-order valence-corrected chi connectivity index (χ4v) is 5.84. The Bertz CT molecular complexity index is 1550. The van der Waals surface area contributed by atoms with Crippen molar-refractivity contribution in [3.05, 3.63) is 120 Å². The minimum Gasteiger partial charge on any atom is -0.497 e. The van der Waals surface area contributed by atoms with Crippen molar-refractivity contribution in [2.75, 3.05) is 18.6 Å². The number of carbonyl (C=O) groups is 1. The summed E-state index contributed by atoms with van der Waals surface area (Å²) in [4.78, 5) is 13.4. The normalized spacial score (nSPS) is 18.4. The highest BCUT2D eigenvalue weighted by Crippen LogP contribution is 2.51. The van der Waals surface area contributed by atoms with Gasteiger partial charge in [0.1, 0.15) is 5.75 Å². The van der Waals surface area contributed by atoms with Crippen molar-refractivity contribution >= 4 is 11.7 Å². The van der Waals surface area contributed by atoms with Gasteiger partial charge in [-0.3, -0.25) is 4.79 Å². The van der Waals surface area contributed by atoms with Crippen LogP contribution in [0.5, 0.6) is 5.75 Å². The minimum absolute atomic E-state index is 0.0339. The second-order valence-electron chi connectivity index (χ2n) is 11.1. The first-order chi connectivity index (χ1) is 20.0. The second kappa shape index (κ2) is 13.2. The van der Waals surface area contributed by atoms with Crippen LogP contribution in [0.15, 0.2) is 97.3 Å². The first-order valence-electron chi connectivity index (χ1n) is 13.9. The molecule has 2 aromatic rings. The van der Waals surface area contributed by atoms with Crippen LogP contribution in [0, 0.1) is 29.6 Å². The number of aliphatic carboxylic acids is 1. The zero-order valence-corrected chi connectivity index (χ0v) is 25.0. The van der Waals surface area contributed by atoms with E-state index < -0.39 is 16.8 Å². The first-order valence-corrected chi connectivity index (χ1v) is 13.9. The summed E-state index contributed by atoms with van der Waals surface area (Å²) in [5.74, 6) is -0.134. The van der Waals surface area contributed by atoms with E-state index >= 15 is 0 Å². The number of anilines is 1. The quantitative estimate of drug-likeness (QED) is 0.152. The Morgan fingerprint density at radius 3 is 2.52 bits per heavy atom. The van der Waals surface area contributed by atoms with Gasteiger partial charge in [0.05, 0.1) is 30.4 Å². The van der Waals surface area contributed by atoms with Gasteiger partial charge in [0.15, 0.2) is 0 Å². The van der Waals surface area contributed by atoms with Crippen molar-refractivity contribution in [3.8, 4) is 17.9 Å². The standard InChI is InChI=1S/C36H39N3O3/c1-8-16-35(5,30-20-27(23-37)13-12-25(30)3)26(4)19-28(24-38)21-33-36(6,17-9-2)31-22-29(42-7)14-15-32(31)39(33)18-10-11-34(40)41/h8-9,12-15,19-22H,1-2,4,10-11,16-18H2,3,5-7H3,(H,40,41)/b28-19-,33-21-. The fraction of sp³-hybridized carbons (Fsp3) is 0.306. The van der Waals surface area contributed by atoms with Crippen LogP contribution in [0.1, 0.15) is 61.8 Å². The number of aryl methyl sites for hydroxylation is 1. The van der Waals surface area contributed by atoms with Gasteiger partial charge in [-0.05, 0) is 97.9 Å². The highest BCUT2D eigenvalue weighted by Gasteiger charge is 2.43. The molecular formula is C36H39N3O3. The third-order valence-electron chi connectivity index (χ3n) is 8.24. The van der Waals surface area contributed by atoms with Crippen LogP contribution < -0.4 is 9.64 Å². The van der Waals surface area contributed by atoms with E-state index in [0.29, 0.717) is 42.5 Å². The van der Waals surface area contributed by atoms with Gasteiger partial charge in [-0.2, -0.15) is 10.5 Å². The average Bonchev–Trinajstić information content (AvgIpc) is 3.18. The maximum Gasteiger partial charge on any atom is 0.303 e. The summed E-state index contributed by atoms with van der Waals surface area (Å²) in [5.41, 5.74) is 5.39. The lowest BCUT2D eigenvalue weighted by molar-refractivity contribution is -0.137. The number of methoxy groups -OCH3 is 1. The van der Waals surface area contributed by atoms with Gasteiger partial charge in [-0.1, -0.05) is 31.7 Å². The molecule has 0 spiro atoms. The van der Waals surface area contributed by atoms with E-state index in [9.17, 15) is 20.4 Å². The maximum atomic E-state index is 11.3. The van der Waals surface area contributed by atoms with Gasteiger partial charge >= 0.3 is 5.97 Å². The Balaban J connectivity index is 2.19. The summed E-state index contributed by atoms with van der Waals surface area (Å²) in [6, 6.07) is 16.1. The molecule has 6 heteroatoms. The van der Waals surface area contributed by atoms with Gasteiger partial charge in [0, 0.05) is 35.2 Å². The number of allylic oxidation sites excluding steroid dienone is 7. The van der Waals surface area contributed by atoms with Gasteiger partial charge in [0.25, 0.3) is 0 Å². The van der Waals surface area contributed by atoms with Gasteiger partial charge < -0.3 is 14.7 Å². The molecule has 42 heavy (non-hydrogen) atoms. The Labute approximate surface area is 249 Å². The van der Waals surface area contributed by atoms with Crippen LogP contribution in [0.2, 0.25) is 0 Å². The van der Waals surface area contributed by atoms with Crippen molar-refractivity contribution in [2.45, 2.75) is 57.3 Å². The number of nitrogens with zero attached hydrogens (tertiary/aromatic N) is 3. The first kappa shape index (κ1) is 31.7. The van der Waals surface area contributed by atoms with E-state index in [0.717, 1.165) is 33.8 Å². The zero-order chi connectivity index (χ0) is 31.1. The van der Waals surface area contributed by atoms with Gasteiger partial charge in [-0.25, -0.2) is 0 Å². The lowest BCUT2D eigenvalue weighted by Crippen LogP contribution is -2.29. The van der Waals surface area contributed by atoms with E-state index in [1.54, 1.807) is 13.2 Å². The minimum atomic E-state index is -0.852. The van der Waals surface area contributed by atoms with E-state index in [-0.39, 0.29) is 6.42 Å². The number of nitriles is 2. The average molecular weight is 562 g/mol. The summed E-state index contributed by atoms with van der Waals surface area (Å²) in [5, 5.41) is 29.2. The molecule has 2 atom stereocenters. The van der Waals surface area contributed by atoms with Gasteiger partial charge in [0.2, 0.25) is 0 Å². The largest absolute Gasteiger partial charge is 0.497 e. The molecular weight excluding hydrogens is 522 g/mol. The van der Waals surface area contributed by atoms with E-state index in [4.69, 9.17) is 4.74 Å². The lowest BCUT2D eigenvalue weighted by atomic mass is 9.71. The molecule has 3 rings (SSSR count). The summed E-state index contributed by atoms with van der Waals surface area (Å²) in [6.07, 6.45) is 9.01. The molecule has 1 heterocycles. The van der Waals surface area contributed by atoms with E-state index in [1.165, 1.54) is 0 Å². The Kier molecular flexibility index (Phi) is 9.99. The number of carboxylic acid groups (broad SMARTS) is 1. The lowest BCUT2D eigenvalue weighted by Gasteiger charge is -2.32. The molecule has 2 aromatic carbocycles. The molecule has 0 aliphatic carbocycles. The fourth-order valence-electron chi connectivity index (χ4n) is 5.84. The van der Waals surface area contributed by atoms with Crippen molar-refractivity contribution in [1.82, 2.24) is 0 Å². The van der Waals surface area contributed by atoms with Crippen molar-refractivity contribution in [3.63, 3.8) is 0 Å². The molecule has 6 nitrogen and oxygen atoms in total.